The summed E-state index contributed by atoms with van der Waals surface area (Å²) < 4.78 is 5.65. The van der Waals surface area contributed by atoms with E-state index in [4.69, 9.17) is 10.5 Å². The van der Waals surface area contributed by atoms with Crippen LogP contribution in [-0.2, 0) is 0 Å². The van der Waals surface area contributed by atoms with Crippen LogP contribution < -0.4 is 10.5 Å². The van der Waals surface area contributed by atoms with Crippen LogP contribution in [0, 0.1) is 0 Å². The number of nitrogen functional groups attached to an aromatic ring is 1. The van der Waals surface area contributed by atoms with Gasteiger partial charge in [-0.2, -0.15) is 0 Å². The predicted octanol–water partition coefficient (Wildman–Crippen LogP) is 2.84. The number of hydrogen-bond acceptors (Lipinski definition) is 2. The first-order valence-electron chi connectivity index (χ1n) is 4.74. The summed E-state index contributed by atoms with van der Waals surface area (Å²) in [4.78, 5) is 0. The zero-order chi connectivity index (χ0) is 9.68. The van der Waals surface area contributed by atoms with E-state index in [1.54, 1.807) is 0 Å². The SMILES string of the molecule is CCC[C@H](C)Oc1ccc(N)cc1. The highest BCUT2D eigenvalue weighted by molar-refractivity contribution is 5.41. The predicted molar refractivity (Wildman–Crippen MR) is 55.9 cm³/mol. The average molecular weight is 179 g/mol. The van der Waals surface area contributed by atoms with Crippen LogP contribution in [-0.4, -0.2) is 6.10 Å². The van der Waals surface area contributed by atoms with E-state index >= 15 is 0 Å². The highest BCUT2D eigenvalue weighted by Crippen LogP contribution is 2.15. The molecule has 0 aliphatic heterocycles. The molecule has 0 fully saturated rings. The number of nitrogens with two attached hydrogens (primary N) is 1. The molecule has 0 aromatic heterocycles. The van der Waals surface area contributed by atoms with E-state index in [2.05, 4.69) is 13.8 Å². The van der Waals surface area contributed by atoms with E-state index < -0.39 is 0 Å². The molecule has 0 amide bonds. The van der Waals surface area contributed by atoms with E-state index in [0.717, 1.165) is 24.3 Å². The van der Waals surface area contributed by atoms with Crippen molar-refractivity contribution in [3.63, 3.8) is 0 Å². The molecule has 0 aliphatic carbocycles. The van der Waals surface area contributed by atoms with Crippen molar-refractivity contribution < 1.29 is 4.74 Å². The normalized spacial score (nSPS) is 12.5. The van der Waals surface area contributed by atoms with Crippen LogP contribution in [0.3, 0.4) is 0 Å². The fourth-order valence-corrected chi connectivity index (χ4v) is 1.24. The molecule has 0 spiro atoms. The summed E-state index contributed by atoms with van der Waals surface area (Å²) in [6.07, 6.45) is 2.52. The molecule has 0 unspecified atom stereocenters. The van der Waals surface area contributed by atoms with Crippen LogP contribution >= 0.6 is 0 Å². The molecule has 2 heteroatoms. The van der Waals surface area contributed by atoms with Crippen molar-refractivity contribution in [2.75, 3.05) is 5.73 Å². The smallest absolute Gasteiger partial charge is 0.119 e. The number of benzene rings is 1. The van der Waals surface area contributed by atoms with Gasteiger partial charge in [0.1, 0.15) is 5.75 Å². The Hall–Kier alpha value is -1.18. The van der Waals surface area contributed by atoms with Gasteiger partial charge in [-0.1, -0.05) is 13.3 Å². The molecule has 0 saturated carbocycles. The van der Waals surface area contributed by atoms with Gasteiger partial charge in [-0.15, -0.1) is 0 Å². The lowest BCUT2D eigenvalue weighted by molar-refractivity contribution is 0.210. The van der Waals surface area contributed by atoms with E-state index in [9.17, 15) is 0 Å². The van der Waals surface area contributed by atoms with Crippen LogP contribution in [0.15, 0.2) is 24.3 Å². The summed E-state index contributed by atoms with van der Waals surface area (Å²) >= 11 is 0. The summed E-state index contributed by atoms with van der Waals surface area (Å²) in [6.45, 7) is 4.24. The molecule has 72 valence electrons. The van der Waals surface area contributed by atoms with Gasteiger partial charge in [0.15, 0.2) is 0 Å². The molecular weight excluding hydrogens is 162 g/mol. The van der Waals surface area contributed by atoms with Crippen LogP contribution in [0.1, 0.15) is 26.7 Å². The molecule has 2 N–H and O–H groups in total. The molecule has 13 heavy (non-hydrogen) atoms. The number of hydrogen-bond donors (Lipinski definition) is 1. The first kappa shape index (κ1) is 9.90. The van der Waals surface area contributed by atoms with Crippen molar-refractivity contribution in [1.82, 2.24) is 0 Å². The third-order valence-electron chi connectivity index (χ3n) is 1.91. The van der Waals surface area contributed by atoms with Crippen molar-refractivity contribution >= 4 is 5.69 Å². The Kier molecular flexibility index (Phi) is 3.62. The lowest BCUT2D eigenvalue weighted by Crippen LogP contribution is -2.10. The molecule has 0 saturated heterocycles. The standard InChI is InChI=1S/C11H17NO/c1-3-4-9(2)13-11-7-5-10(12)6-8-11/h5-9H,3-4,12H2,1-2H3/t9-/m0/s1. The minimum absolute atomic E-state index is 0.286. The van der Waals surface area contributed by atoms with Crippen LogP contribution in [0.25, 0.3) is 0 Å². The molecule has 0 bridgehead atoms. The lowest BCUT2D eigenvalue weighted by atomic mass is 10.2. The monoisotopic (exact) mass is 179 g/mol. The number of rotatable bonds is 4. The van der Waals surface area contributed by atoms with Crippen LogP contribution in [0.5, 0.6) is 5.75 Å². The fraction of sp³-hybridized carbons (Fsp3) is 0.455. The number of anilines is 1. The summed E-state index contributed by atoms with van der Waals surface area (Å²) in [5.41, 5.74) is 6.33. The maximum absolute atomic E-state index is 5.65. The van der Waals surface area contributed by atoms with Crippen molar-refractivity contribution in [2.24, 2.45) is 0 Å². The molecule has 0 heterocycles. The van der Waals surface area contributed by atoms with Crippen molar-refractivity contribution in [1.29, 1.82) is 0 Å². The summed E-state index contributed by atoms with van der Waals surface area (Å²) in [7, 11) is 0. The van der Waals surface area contributed by atoms with E-state index in [1.165, 1.54) is 0 Å². The maximum Gasteiger partial charge on any atom is 0.119 e. The Morgan fingerprint density at radius 2 is 1.92 bits per heavy atom. The van der Waals surface area contributed by atoms with Gasteiger partial charge in [-0.3, -0.25) is 0 Å². The Labute approximate surface area is 79.7 Å². The molecule has 1 rings (SSSR count). The van der Waals surface area contributed by atoms with Gasteiger partial charge in [-0.05, 0) is 37.6 Å². The molecule has 0 aliphatic rings. The van der Waals surface area contributed by atoms with Crippen molar-refractivity contribution in [3.05, 3.63) is 24.3 Å². The van der Waals surface area contributed by atoms with Crippen molar-refractivity contribution in [2.45, 2.75) is 32.8 Å². The van der Waals surface area contributed by atoms with Gasteiger partial charge in [0.25, 0.3) is 0 Å². The minimum Gasteiger partial charge on any atom is -0.491 e. The maximum atomic E-state index is 5.65. The Bertz CT molecular complexity index is 243. The van der Waals surface area contributed by atoms with E-state index in [-0.39, 0.29) is 6.10 Å². The largest absolute Gasteiger partial charge is 0.491 e. The highest BCUT2D eigenvalue weighted by atomic mass is 16.5. The van der Waals surface area contributed by atoms with Crippen LogP contribution in [0.4, 0.5) is 5.69 Å². The topological polar surface area (TPSA) is 35.2 Å². The molecule has 2 nitrogen and oxygen atoms in total. The second kappa shape index (κ2) is 4.75. The zero-order valence-electron chi connectivity index (χ0n) is 8.29. The quantitative estimate of drug-likeness (QED) is 0.721. The molecule has 0 radical (unpaired) electrons. The van der Waals surface area contributed by atoms with Crippen molar-refractivity contribution in [3.8, 4) is 5.75 Å². The third-order valence-corrected chi connectivity index (χ3v) is 1.91. The second-order valence-electron chi connectivity index (χ2n) is 3.29. The Morgan fingerprint density at radius 1 is 1.31 bits per heavy atom. The fourth-order valence-electron chi connectivity index (χ4n) is 1.24. The third kappa shape index (κ3) is 3.36. The molecule has 1 aromatic rings. The summed E-state index contributed by atoms with van der Waals surface area (Å²) in [5.74, 6) is 0.898. The number of ether oxygens (including phenoxy) is 1. The first-order chi connectivity index (χ1) is 6.22. The van der Waals surface area contributed by atoms with E-state index in [0.29, 0.717) is 0 Å². The summed E-state index contributed by atoms with van der Waals surface area (Å²) in [5, 5.41) is 0. The Balaban J connectivity index is 2.49. The van der Waals surface area contributed by atoms with Gasteiger partial charge in [0.05, 0.1) is 6.10 Å². The van der Waals surface area contributed by atoms with E-state index in [1.807, 2.05) is 24.3 Å². The molecule has 1 atom stereocenters. The van der Waals surface area contributed by atoms with Gasteiger partial charge < -0.3 is 10.5 Å². The van der Waals surface area contributed by atoms with Gasteiger partial charge in [-0.25, -0.2) is 0 Å². The van der Waals surface area contributed by atoms with Gasteiger partial charge in [0.2, 0.25) is 0 Å². The average Bonchev–Trinajstić information content (AvgIpc) is 2.09. The lowest BCUT2D eigenvalue weighted by Gasteiger charge is -2.13. The minimum atomic E-state index is 0.286. The Morgan fingerprint density at radius 3 is 2.46 bits per heavy atom. The summed E-state index contributed by atoms with van der Waals surface area (Å²) in [6, 6.07) is 7.52. The zero-order valence-corrected chi connectivity index (χ0v) is 8.29. The van der Waals surface area contributed by atoms with Gasteiger partial charge in [0, 0.05) is 5.69 Å². The molecular formula is C11H17NO. The second-order valence-corrected chi connectivity index (χ2v) is 3.29. The van der Waals surface area contributed by atoms with Gasteiger partial charge >= 0.3 is 0 Å². The first-order valence-corrected chi connectivity index (χ1v) is 4.74. The van der Waals surface area contributed by atoms with Crippen LogP contribution in [0.2, 0.25) is 0 Å². The highest BCUT2D eigenvalue weighted by Gasteiger charge is 2.01. The molecule has 1 aromatic carbocycles.